The summed E-state index contributed by atoms with van der Waals surface area (Å²) in [6, 6.07) is 21.2. The number of carbonyl (C=O) groups is 1. The van der Waals surface area contributed by atoms with Crippen molar-refractivity contribution in [1.29, 1.82) is 0 Å². The van der Waals surface area contributed by atoms with Gasteiger partial charge in [0.05, 0.1) is 6.61 Å². The van der Waals surface area contributed by atoms with Gasteiger partial charge < -0.3 is 5.11 Å². The van der Waals surface area contributed by atoms with Crippen LogP contribution in [0, 0.1) is 0 Å². The van der Waals surface area contributed by atoms with E-state index in [9.17, 15) is 4.79 Å². The van der Waals surface area contributed by atoms with E-state index in [-0.39, 0.29) is 12.4 Å². The predicted octanol–water partition coefficient (Wildman–Crippen LogP) is 4.45. The van der Waals surface area contributed by atoms with Gasteiger partial charge in [-0.15, -0.1) is 0 Å². The Kier molecular flexibility index (Phi) is 3.40. The first-order valence-electron chi connectivity index (χ1n) is 7.86. The Labute approximate surface area is 140 Å². The summed E-state index contributed by atoms with van der Waals surface area (Å²) in [6.07, 6.45) is 0. The second kappa shape index (κ2) is 5.59. The van der Waals surface area contributed by atoms with Crippen LogP contribution in [0.3, 0.4) is 0 Å². The van der Waals surface area contributed by atoms with Gasteiger partial charge in [-0.05, 0) is 39.5 Å². The molecule has 24 heavy (non-hydrogen) atoms. The molecule has 0 aliphatic heterocycles. The Balaban J connectivity index is 1.83. The summed E-state index contributed by atoms with van der Waals surface area (Å²) in [4.78, 5) is 12.9. The largest absolute Gasteiger partial charge is 0.392 e. The predicted molar refractivity (Wildman–Crippen MR) is 95.8 cm³/mol. The summed E-state index contributed by atoms with van der Waals surface area (Å²) in [5, 5.41) is 9.16. The van der Waals surface area contributed by atoms with Gasteiger partial charge in [0.2, 0.25) is 0 Å². The number of hydrogen-bond donors (Lipinski definition) is 1. The number of ketones is 1. The lowest BCUT2D eigenvalue weighted by Gasteiger charge is -2.21. The molecule has 0 amide bonds. The first-order chi connectivity index (χ1) is 11.7. The number of fused-ring (bicyclic) bond motifs is 2. The molecule has 3 aromatic rings. The number of rotatable bonds is 2. The molecule has 0 unspecified atom stereocenters. The Morgan fingerprint density at radius 1 is 0.750 bits per heavy atom. The maximum atomic E-state index is 12.9. The highest BCUT2D eigenvalue weighted by atomic mass is 16.3. The molecule has 0 heterocycles. The van der Waals surface area contributed by atoms with Gasteiger partial charge in [0.15, 0.2) is 5.78 Å². The van der Waals surface area contributed by atoms with Crippen LogP contribution in [-0.4, -0.2) is 10.9 Å². The summed E-state index contributed by atoms with van der Waals surface area (Å²) in [7, 11) is 0. The van der Waals surface area contributed by atoms with Gasteiger partial charge in [-0.3, -0.25) is 4.79 Å². The van der Waals surface area contributed by atoms with E-state index < -0.39 is 0 Å². The van der Waals surface area contributed by atoms with Crippen LogP contribution in [-0.2, 0) is 6.61 Å². The van der Waals surface area contributed by atoms with Gasteiger partial charge in [0, 0.05) is 11.1 Å². The van der Waals surface area contributed by atoms with Crippen LogP contribution in [0.25, 0.3) is 16.7 Å². The fraction of sp³-hybridized carbons (Fsp3) is 0.0455. The third kappa shape index (κ3) is 2.20. The normalized spacial score (nSPS) is 12.7. The second-order valence-electron chi connectivity index (χ2n) is 5.97. The summed E-state index contributed by atoms with van der Waals surface area (Å²) >= 11 is 0. The van der Waals surface area contributed by atoms with Crippen molar-refractivity contribution in [2.24, 2.45) is 0 Å². The standard InChI is InChI=1S/C22H16O2/c1-14-18-4-2-3-5-20(18)22(24)21-12-17(10-11-19(14)21)16-8-6-15(13-23)7-9-16/h2-12,23H,1,13H2. The Morgan fingerprint density at radius 2 is 1.38 bits per heavy atom. The molecule has 2 nitrogen and oxygen atoms in total. The third-order valence-corrected chi connectivity index (χ3v) is 4.56. The van der Waals surface area contributed by atoms with Crippen molar-refractivity contribution >= 4 is 11.4 Å². The number of hydrogen-bond acceptors (Lipinski definition) is 2. The zero-order valence-corrected chi connectivity index (χ0v) is 13.1. The van der Waals surface area contributed by atoms with Crippen LogP contribution in [0.4, 0.5) is 0 Å². The van der Waals surface area contributed by atoms with Crippen molar-refractivity contribution in [3.05, 3.63) is 101 Å². The average Bonchev–Trinajstić information content (AvgIpc) is 2.66. The number of carbonyl (C=O) groups excluding carboxylic acids is 1. The van der Waals surface area contributed by atoms with E-state index in [0.717, 1.165) is 33.4 Å². The van der Waals surface area contributed by atoms with Crippen molar-refractivity contribution in [1.82, 2.24) is 0 Å². The molecule has 0 saturated heterocycles. The van der Waals surface area contributed by atoms with E-state index in [1.165, 1.54) is 0 Å². The summed E-state index contributed by atoms with van der Waals surface area (Å²) in [6.45, 7) is 4.20. The van der Waals surface area contributed by atoms with E-state index >= 15 is 0 Å². The lowest BCUT2D eigenvalue weighted by Crippen LogP contribution is -2.13. The minimum absolute atomic E-state index is 0.0273. The molecule has 0 bridgehead atoms. The van der Waals surface area contributed by atoms with Crippen molar-refractivity contribution in [2.45, 2.75) is 6.61 Å². The van der Waals surface area contributed by atoms with Crippen LogP contribution in [0.2, 0.25) is 0 Å². The van der Waals surface area contributed by atoms with Crippen LogP contribution in [0.15, 0.2) is 73.3 Å². The van der Waals surface area contributed by atoms with E-state index in [4.69, 9.17) is 5.11 Å². The van der Waals surface area contributed by atoms with Crippen molar-refractivity contribution in [3.8, 4) is 11.1 Å². The van der Waals surface area contributed by atoms with Crippen molar-refractivity contribution < 1.29 is 9.90 Å². The van der Waals surface area contributed by atoms with Crippen LogP contribution in [0.1, 0.15) is 32.6 Å². The molecule has 1 N–H and O–H groups in total. The Bertz CT molecular complexity index is 966. The van der Waals surface area contributed by atoms with Gasteiger partial charge >= 0.3 is 0 Å². The van der Waals surface area contributed by atoms with E-state index in [1.807, 2.05) is 66.7 Å². The van der Waals surface area contributed by atoms with Crippen LogP contribution in [0.5, 0.6) is 0 Å². The Hall–Kier alpha value is -2.97. The topological polar surface area (TPSA) is 37.3 Å². The molecule has 0 atom stereocenters. The molecule has 116 valence electrons. The monoisotopic (exact) mass is 312 g/mol. The highest BCUT2D eigenvalue weighted by Crippen LogP contribution is 2.36. The van der Waals surface area contributed by atoms with E-state index in [1.54, 1.807) is 0 Å². The lowest BCUT2D eigenvalue weighted by molar-refractivity contribution is 0.103. The van der Waals surface area contributed by atoms with Gasteiger partial charge in [0.25, 0.3) is 0 Å². The molecule has 0 fully saturated rings. The van der Waals surface area contributed by atoms with Gasteiger partial charge in [-0.1, -0.05) is 67.2 Å². The molecular formula is C22H16O2. The first kappa shape index (κ1) is 14.6. The smallest absolute Gasteiger partial charge is 0.194 e. The molecular weight excluding hydrogens is 296 g/mol. The second-order valence-corrected chi connectivity index (χ2v) is 5.97. The van der Waals surface area contributed by atoms with Crippen molar-refractivity contribution in [3.63, 3.8) is 0 Å². The number of benzene rings is 3. The number of aliphatic hydroxyl groups is 1. The minimum Gasteiger partial charge on any atom is -0.392 e. The fourth-order valence-electron chi connectivity index (χ4n) is 3.21. The quantitative estimate of drug-likeness (QED) is 0.593. The lowest BCUT2D eigenvalue weighted by atomic mass is 9.81. The zero-order chi connectivity index (χ0) is 16.7. The van der Waals surface area contributed by atoms with Crippen LogP contribution >= 0.6 is 0 Å². The molecule has 0 aromatic heterocycles. The fourth-order valence-corrected chi connectivity index (χ4v) is 3.21. The molecule has 1 aliphatic rings. The zero-order valence-electron chi connectivity index (χ0n) is 13.1. The molecule has 3 aromatic carbocycles. The maximum Gasteiger partial charge on any atom is 0.194 e. The summed E-state index contributed by atoms with van der Waals surface area (Å²) < 4.78 is 0. The highest BCUT2D eigenvalue weighted by molar-refractivity contribution is 6.19. The average molecular weight is 312 g/mol. The van der Waals surface area contributed by atoms with Gasteiger partial charge in [0.1, 0.15) is 0 Å². The molecule has 0 saturated carbocycles. The minimum atomic E-state index is 0.0273. The van der Waals surface area contributed by atoms with E-state index in [0.29, 0.717) is 11.1 Å². The van der Waals surface area contributed by atoms with E-state index in [2.05, 4.69) is 6.58 Å². The summed E-state index contributed by atoms with van der Waals surface area (Å²) in [5.74, 6) is 0.0434. The maximum absolute atomic E-state index is 12.9. The van der Waals surface area contributed by atoms with Gasteiger partial charge in [-0.25, -0.2) is 0 Å². The molecule has 0 spiro atoms. The summed E-state index contributed by atoms with van der Waals surface area (Å²) in [5.41, 5.74) is 6.98. The molecule has 2 heteroatoms. The first-order valence-corrected chi connectivity index (χ1v) is 7.86. The molecule has 1 aliphatic carbocycles. The van der Waals surface area contributed by atoms with Gasteiger partial charge in [-0.2, -0.15) is 0 Å². The highest BCUT2D eigenvalue weighted by Gasteiger charge is 2.25. The third-order valence-electron chi connectivity index (χ3n) is 4.56. The number of aliphatic hydroxyl groups excluding tert-OH is 1. The molecule has 4 rings (SSSR count). The molecule has 0 radical (unpaired) electrons. The van der Waals surface area contributed by atoms with Crippen LogP contribution < -0.4 is 0 Å². The SMILES string of the molecule is C=C1c2ccccc2C(=O)c2cc(-c3ccc(CO)cc3)ccc21. The Morgan fingerprint density at radius 3 is 2.08 bits per heavy atom. The van der Waals surface area contributed by atoms with Crippen molar-refractivity contribution in [2.75, 3.05) is 0 Å².